The summed E-state index contributed by atoms with van der Waals surface area (Å²) in [5.41, 5.74) is 8.35. The third-order valence-electron chi connectivity index (χ3n) is 5.69. The maximum absolute atomic E-state index is 6.53. The number of fused-ring (bicyclic) bond motifs is 3. The van der Waals surface area contributed by atoms with Crippen LogP contribution in [0.25, 0.3) is 50.3 Å². The first kappa shape index (κ1) is 19.5. The van der Waals surface area contributed by atoms with Crippen LogP contribution in [0.15, 0.2) is 84.9 Å². The van der Waals surface area contributed by atoms with Crippen molar-refractivity contribution in [3.8, 4) is 22.4 Å². The quantitative estimate of drug-likeness (QED) is 0.217. The highest BCUT2D eigenvalue weighted by atomic mass is 35.5. The van der Waals surface area contributed by atoms with Gasteiger partial charge in [-0.15, -0.1) is 0 Å². The first-order chi connectivity index (χ1) is 15.2. The van der Waals surface area contributed by atoms with E-state index in [0.717, 1.165) is 44.2 Å². The van der Waals surface area contributed by atoms with Crippen LogP contribution in [0.1, 0.15) is 18.1 Å². The van der Waals surface area contributed by atoms with Gasteiger partial charge in [0, 0.05) is 16.3 Å². The largest absolute Gasteiger partial charge is 0.245 e. The average molecular weight is 421 g/mol. The third kappa shape index (κ3) is 3.49. The molecule has 0 bridgehead atoms. The van der Waals surface area contributed by atoms with E-state index in [2.05, 4.69) is 73.7 Å². The van der Waals surface area contributed by atoms with Gasteiger partial charge in [0.25, 0.3) is 0 Å². The van der Waals surface area contributed by atoms with Gasteiger partial charge in [-0.3, -0.25) is 0 Å². The van der Waals surface area contributed by atoms with Crippen LogP contribution in [-0.4, -0.2) is 9.97 Å². The summed E-state index contributed by atoms with van der Waals surface area (Å²) in [4.78, 5) is 9.69. The smallest absolute Gasteiger partial charge is 0.130 e. The Balaban J connectivity index is 1.81. The van der Waals surface area contributed by atoms with Crippen molar-refractivity contribution in [3.63, 3.8) is 0 Å². The zero-order valence-corrected chi connectivity index (χ0v) is 18.2. The van der Waals surface area contributed by atoms with Gasteiger partial charge >= 0.3 is 0 Å². The van der Waals surface area contributed by atoms with E-state index in [1.165, 1.54) is 11.1 Å². The van der Waals surface area contributed by atoms with Gasteiger partial charge in [-0.2, -0.15) is 0 Å². The topological polar surface area (TPSA) is 25.8 Å². The predicted octanol–water partition coefficient (Wildman–Crippen LogP) is 8.11. The molecule has 0 unspecified atom stereocenters. The molecule has 0 amide bonds. The Morgan fingerprint density at radius 2 is 1.58 bits per heavy atom. The van der Waals surface area contributed by atoms with Gasteiger partial charge < -0.3 is 0 Å². The maximum atomic E-state index is 6.53. The number of hydrogen-bond acceptors (Lipinski definition) is 2. The number of aromatic nitrogens is 2. The summed E-state index contributed by atoms with van der Waals surface area (Å²) < 4.78 is 0. The van der Waals surface area contributed by atoms with Crippen LogP contribution in [-0.2, 0) is 0 Å². The second-order valence-corrected chi connectivity index (χ2v) is 8.00. The molecule has 2 aromatic heterocycles. The molecule has 31 heavy (non-hydrogen) atoms. The van der Waals surface area contributed by atoms with Crippen LogP contribution < -0.4 is 0 Å². The number of pyridine rings is 2. The van der Waals surface area contributed by atoms with Crippen molar-refractivity contribution in [3.05, 3.63) is 101 Å². The molecule has 2 nitrogen and oxygen atoms in total. The molecule has 0 radical (unpaired) electrons. The summed E-state index contributed by atoms with van der Waals surface area (Å²) in [6.07, 6.45) is 4.19. The molecule has 3 aromatic carbocycles. The molecule has 5 rings (SSSR count). The second-order valence-electron chi connectivity index (χ2n) is 7.61. The van der Waals surface area contributed by atoms with Gasteiger partial charge in [0.15, 0.2) is 0 Å². The van der Waals surface area contributed by atoms with Crippen LogP contribution in [0.3, 0.4) is 0 Å². The summed E-state index contributed by atoms with van der Waals surface area (Å²) in [5, 5.41) is 2.57. The molecule has 0 aliphatic carbocycles. The molecule has 2 heterocycles. The van der Waals surface area contributed by atoms with Gasteiger partial charge in [-0.05, 0) is 48.2 Å². The lowest BCUT2D eigenvalue weighted by Gasteiger charge is -2.14. The van der Waals surface area contributed by atoms with Crippen molar-refractivity contribution in [2.45, 2.75) is 13.8 Å². The SMILES string of the molecule is C/C=C\c1cccc(-c2cc(Cl)nc3c2ccc2ccc(-c4ccccc4)nc23)c1C. The third-order valence-corrected chi connectivity index (χ3v) is 5.88. The molecule has 0 saturated heterocycles. The van der Waals surface area contributed by atoms with E-state index in [9.17, 15) is 0 Å². The Morgan fingerprint density at radius 1 is 0.774 bits per heavy atom. The fraction of sp³-hybridized carbons (Fsp3) is 0.0714. The molecule has 0 aliphatic rings. The molecule has 0 atom stereocenters. The van der Waals surface area contributed by atoms with Crippen molar-refractivity contribution in [1.82, 2.24) is 9.97 Å². The van der Waals surface area contributed by atoms with E-state index in [4.69, 9.17) is 21.6 Å². The van der Waals surface area contributed by atoms with Gasteiger partial charge in [0.1, 0.15) is 5.15 Å². The fourth-order valence-corrected chi connectivity index (χ4v) is 4.33. The fourth-order valence-electron chi connectivity index (χ4n) is 4.14. The maximum Gasteiger partial charge on any atom is 0.130 e. The molecule has 0 N–H and O–H groups in total. The van der Waals surface area contributed by atoms with Crippen LogP contribution >= 0.6 is 11.6 Å². The van der Waals surface area contributed by atoms with E-state index < -0.39 is 0 Å². The standard InChI is InChI=1S/C28H21ClN2/c1-3-8-19-11-7-12-22(18(19)2)24-17-26(29)31-28-23(24)15-13-21-14-16-25(30-27(21)28)20-9-5-4-6-10-20/h3-17H,1-2H3/b8-3-. The summed E-state index contributed by atoms with van der Waals surface area (Å²) in [6, 6.07) is 26.9. The van der Waals surface area contributed by atoms with Crippen molar-refractivity contribution in [2.75, 3.05) is 0 Å². The van der Waals surface area contributed by atoms with Crippen molar-refractivity contribution >= 4 is 39.5 Å². The lowest BCUT2D eigenvalue weighted by molar-refractivity contribution is 1.36. The molecular weight excluding hydrogens is 400 g/mol. The minimum absolute atomic E-state index is 0.470. The van der Waals surface area contributed by atoms with Crippen LogP contribution in [0.5, 0.6) is 0 Å². The van der Waals surface area contributed by atoms with Crippen molar-refractivity contribution < 1.29 is 0 Å². The van der Waals surface area contributed by atoms with E-state index in [-0.39, 0.29) is 0 Å². The molecule has 0 spiro atoms. The van der Waals surface area contributed by atoms with Gasteiger partial charge in [-0.1, -0.05) is 90.5 Å². The number of allylic oxidation sites excluding steroid dienone is 1. The summed E-state index contributed by atoms with van der Waals surface area (Å²) >= 11 is 6.53. The zero-order valence-electron chi connectivity index (χ0n) is 17.4. The summed E-state index contributed by atoms with van der Waals surface area (Å²) in [6.45, 7) is 4.19. The molecule has 5 aromatic rings. The number of benzene rings is 3. The molecule has 0 fully saturated rings. The summed E-state index contributed by atoms with van der Waals surface area (Å²) in [7, 11) is 0. The Bertz CT molecular complexity index is 1450. The van der Waals surface area contributed by atoms with Gasteiger partial charge in [-0.25, -0.2) is 9.97 Å². The molecule has 0 aliphatic heterocycles. The highest BCUT2D eigenvalue weighted by molar-refractivity contribution is 6.30. The van der Waals surface area contributed by atoms with Gasteiger partial charge in [0.05, 0.1) is 16.7 Å². The Morgan fingerprint density at radius 3 is 2.39 bits per heavy atom. The van der Waals surface area contributed by atoms with Crippen LogP contribution in [0, 0.1) is 6.92 Å². The van der Waals surface area contributed by atoms with E-state index >= 15 is 0 Å². The first-order valence-electron chi connectivity index (χ1n) is 10.3. The zero-order chi connectivity index (χ0) is 21.4. The normalized spacial score (nSPS) is 11.6. The van der Waals surface area contributed by atoms with E-state index in [1.54, 1.807) is 0 Å². The predicted molar refractivity (Wildman–Crippen MR) is 132 cm³/mol. The number of rotatable bonds is 3. The van der Waals surface area contributed by atoms with E-state index in [1.807, 2.05) is 31.2 Å². The second kappa shape index (κ2) is 7.98. The lowest BCUT2D eigenvalue weighted by atomic mass is 9.93. The number of halogens is 1. The molecule has 3 heteroatoms. The van der Waals surface area contributed by atoms with Crippen molar-refractivity contribution in [1.29, 1.82) is 0 Å². The Hall–Kier alpha value is -3.49. The van der Waals surface area contributed by atoms with Gasteiger partial charge in [0.2, 0.25) is 0 Å². The molecular formula is C28H21ClN2. The van der Waals surface area contributed by atoms with E-state index in [0.29, 0.717) is 5.15 Å². The molecule has 150 valence electrons. The first-order valence-corrected chi connectivity index (χ1v) is 10.7. The average Bonchev–Trinajstić information content (AvgIpc) is 2.80. The number of hydrogen-bond donors (Lipinski definition) is 0. The highest BCUT2D eigenvalue weighted by Crippen LogP contribution is 2.36. The monoisotopic (exact) mass is 420 g/mol. The van der Waals surface area contributed by atoms with Crippen LogP contribution in [0.4, 0.5) is 0 Å². The minimum Gasteiger partial charge on any atom is -0.245 e. The summed E-state index contributed by atoms with van der Waals surface area (Å²) in [5.74, 6) is 0. The Labute approximate surface area is 186 Å². The lowest BCUT2D eigenvalue weighted by Crippen LogP contribution is -1.93. The molecule has 0 saturated carbocycles. The van der Waals surface area contributed by atoms with Crippen molar-refractivity contribution in [2.24, 2.45) is 0 Å². The van der Waals surface area contributed by atoms with Crippen LogP contribution in [0.2, 0.25) is 5.15 Å². The minimum atomic E-state index is 0.470. The highest BCUT2D eigenvalue weighted by Gasteiger charge is 2.14. The number of nitrogens with zero attached hydrogens (tertiary/aromatic N) is 2. The Kier molecular flexibility index (Phi) is 5.01.